The molecule has 1 rings (SSSR count). The number of rotatable bonds is 2. The molecule has 0 saturated carbocycles. The summed E-state index contributed by atoms with van der Waals surface area (Å²) in [6, 6.07) is 0. The maximum atomic E-state index is 11.7. The molecule has 0 bridgehead atoms. The van der Waals surface area contributed by atoms with Crippen LogP contribution in [0.4, 0.5) is 8.78 Å². The van der Waals surface area contributed by atoms with Crippen LogP contribution in [0.2, 0.25) is 0 Å². The van der Waals surface area contributed by atoms with Crippen molar-refractivity contribution in [1.82, 2.24) is 10.1 Å². The average molecular weight is 148 g/mol. The lowest BCUT2D eigenvalue weighted by atomic mass is 10.5. The third-order valence-electron chi connectivity index (χ3n) is 0.981. The van der Waals surface area contributed by atoms with E-state index in [0.717, 1.165) is 0 Å². The number of halogens is 2. The van der Waals surface area contributed by atoms with E-state index in [1.165, 1.54) is 0 Å². The van der Waals surface area contributed by atoms with Gasteiger partial charge >= 0.3 is 6.43 Å². The predicted octanol–water partition coefficient (Wildman–Crippen LogP) is 1.57. The first-order chi connectivity index (χ1) is 4.74. The molecule has 56 valence electrons. The maximum Gasteiger partial charge on any atom is 0.300 e. The highest BCUT2D eigenvalue weighted by Gasteiger charge is 2.14. The normalized spacial score (nSPS) is 10.8. The van der Waals surface area contributed by atoms with Crippen LogP contribution in [0.5, 0.6) is 0 Å². The second-order valence-corrected chi connectivity index (χ2v) is 1.70. The highest BCUT2D eigenvalue weighted by Crippen LogP contribution is 2.14. The molecule has 0 fully saturated rings. The molecule has 0 saturated heterocycles. The van der Waals surface area contributed by atoms with Gasteiger partial charge in [-0.2, -0.15) is 4.98 Å². The first-order valence-electron chi connectivity index (χ1n) is 2.84. The fraction of sp³-hybridized carbons (Fsp3) is 0.600. The minimum absolute atomic E-state index is 0.246. The summed E-state index contributed by atoms with van der Waals surface area (Å²) >= 11 is 0. The summed E-state index contributed by atoms with van der Waals surface area (Å²) in [5.41, 5.74) is 0. The van der Waals surface area contributed by atoms with E-state index in [0.29, 0.717) is 6.42 Å². The lowest BCUT2D eigenvalue weighted by Crippen LogP contribution is -1.86. The smallest absolute Gasteiger partial charge is 0.300 e. The average Bonchev–Trinajstić information content (AvgIpc) is 2.34. The van der Waals surface area contributed by atoms with Crippen molar-refractivity contribution < 1.29 is 13.3 Å². The van der Waals surface area contributed by atoms with Gasteiger partial charge in [0.15, 0.2) is 0 Å². The van der Waals surface area contributed by atoms with Crippen molar-refractivity contribution in [3.05, 3.63) is 11.7 Å². The number of alkyl halides is 2. The van der Waals surface area contributed by atoms with Crippen LogP contribution in [-0.4, -0.2) is 10.1 Å². The van der Waals surface area contributed by atoms with Crippen LogP contribution in [0.3, 0.4) is 0 Å². The Morgan fingerprint density at radius 3 is 2.60 bits per heavy atom. The molecule has 0 amide bonds. The molecule has 0 aliphatic heterocycles. The molecule has 0 radical (unpaired) electrons. The van der Waals surface area contributed by atoms with E-state index in [1.807, 2.05) is 0 Å². The molecule has 1 heterocycles. The molecule has 0 atom stereocenters. The Hall–Kier alpha value is -1.00. The number of aromatic nitrogens is 2. The maximum absolute atomic E-state index is 11.7. The van der Waals surface area contributed by atoms with E-state index in [1.54, 1.807) is 6.92 Å². The van der Waals surface area contributed by atoms with Crippen LogP contribution in [0, 0.1) is 0 Å². The van der Waals surface area contributed by atoms with E-state index in [2.05, 4.69) is 14.7 Å². The van der Waals surface area contributed by atoms with E-state index in [9.17, 15) is 8.78 Å². The second kappa shape index (κ2) is 2.72. The van der Waals surface area contributed by atoms with E-state index in [-0.39, 0.29) is 5.89 Å². The van der Waals surface area contributed by atoms with Gasteiger partial charge in [-0.05, 0) is 0 Å². The minimum atomic E-state index is -2.64. The predicted molar refractivity (Wildman–Crippen MR) is 28.6 cm³/mol. The Morgan fingerprint density at radius 2 is 2.30 bits per heavy atom. The third kappa shape index (κ3) is 1.29. The van der Waals surface area contributed by atoms with Gasteiger partial charge in [0.25, 0.3) is 0 Å². The quantitative estimate of drug-likeness (QED) is 0.638. The molecule has 0 aliphatic carbocycles. The van der Waals surface area contributed by atoms with Crippen molar-refractivity contribution in [2.75, 3.05) is 0 Å². The van der Waals surface area contributed by atoms with Gasteiger partial charge in [-0.25, -0.2) is 8.78 Å². The van der Waals surface area contributed by atoms with Crippen molar-refractivity contribution in [2.24, 2.45) is 0 Å². The zero-order chi connectivity index (χ0) is 7.56. The van der Waals surface area contributed by atoms with E-state index in [4.69, 9.17) is 0 Å². The van der Waals surface area contributed by atoms with Crippen molar-refractivity contribution in [1.29, 1.82) is 0 Å². The molecular formula is C5H6F2N2O. The van der Waals surface area contributed by atoms with Crippen LogP contribution in [0.25, 0.3) is 0 Å². The van der Waals surface area contributed by atoms with Gasteiger partial charge in [-0.1, -0.05) is 12.1 Å². The Morgan fingerprint density at radius 1 is 1.60 bits per heavy atom. The molecule has 3 nitrogen and oxygen atoms in total. The Kier molecular flexibility index (Phi) is 1.94. The Balaban J connectivity index is 2.78. The van der Waals surface area contributed by atoms with Crippen LogP contribution < -0.4 is 0 Å². The minimum Gasteiger partial charge on any atom is -0.339 e. The van der Waals surface area contributed by atoms with Gasteiger partial charge in [0, 0.05) is 6.42 Å². The summed E-state index contributed by atoms with van der Waals surface area (Å²) < 4.78 is 27.9. The first kappa shape index (κ1) is 7.11. The van der Waals surface area contributed by atoms with Gasteiger partial charge < -0.3 is 4.52 Å². The second-order valence-electron chi connectivity index (χ2n) is 1.70. The molecule has 10 heavy (non-hydrogen) atoms. The van der Waals surface area contributed by atoms with Gasteiger partial charge in [0.2, 0.25) is 11.7 Å². The first-order valence-corrected chi connectivity index (χ1v) is 2.84. The lowest BCUT2D eigenvalue weighted by molar-refractivity contribution is 0.136. The standard InChI is InChI=1S/C5H6F2N2O/c1-2-3-8-5(4(6)7)9-10-3/h4H,2H2,1H3. The zero-order valence-electron chi connectivity index (χ0n) is 5.34. The molecule has 5 heteroatoms. The highest BCUT2D eigenvalue weighted by atomic mass is 19.3. The van der Waals surface area contributed by atoms with Crippen LogP contribution in [0.15, 0.2) is 4.52 Å². The van der Waals surface area contributed by atoms with Crippen molar-refractivity contribution >= 4 is 0 Å². The fourth-order valence-electron chi connectivity index (χ4n) is 0.500. The largest absolute Gasteiger partial charge is 0.339 e. The molecule has 1 aromatic heterocycles. The molecular weight excluding hydrogens is 142 g/mol. The molecule has 0 N–H and O–H groups in total. The molecule has 0 unspecified atom stereocenters. The van der Waals surface area contributed by atoms with Gasteiger partial charge in [0.05, 0.1) is 0 Å². The lowest BCUT2D eigenvalue weighted by Gasteiger charge is -1.83. The van der Waals surface area contributed by atoms with Crippen molar-refractivity contribution in [3.8, 4) is 0 Å². The van der Waals surface area contributed by atoms with E-state index >= 15 is 0 Å². The molecule has 0 aliphatic rings. The van der Waals surface area contributed by atoms with Crippen LogP contribution >= 0.6 is 0 Å². The topological polar surface area (TPSA) is 38.9 Å². The highest BCUT2D eigenvalue weighted by molar-refractivity contribution is 4.86. The van der Waals surface area contributed by atoms with Crippen LogP contribution in [-0.2, 0) is 6.42 Å². The molecule has 0 spiro atoms. The van der Waals surface area contributed by atoms with Crippen molar-refractivity contribution in [3.63, 3.8) is 0 Å². The Bertz CT molecular complexity index is 211. The number of nitrogens with zero attached hydrogens (tertiary/aromatic N) is 2. The summed E-state index contributed by atoms with van der Waals surface area (Å²) in [5, 5.41) is 3.05. The Labute approximate surface area is 56.0 Å². The van der Waals surface area contributed by atoms with Gasteiger partial charge in [0.1, 0.15) is 0 Å². The summed E-state index contributed by atoms with van der Waals surface area (Å²) in [5.74, 6) is -0.285. The summed E-state index contributed by atoms with van der Waals surface area (Å²) in [7, 11) is 0. The summed E-state index contributed by atoms with van der Waals surface area (Å²) in [6.07, 6.45) is -2.15. The number of hydrogen-bond acceptors (Lipinski definition) is 3. The third-order valence-corrected chi connectivity index (χ3v) is 0.981. The monoisotopic (exact) mass is 148 g/mol. The summed E-state index contributed by atoms with van der Waals surface area (Å²) in [4.78, 5) is 3.40. The van der Waals surface area contributed by atoms with Gasteiger partial charge in [-0.3, -0.25) is 0 Å². The summed E-state index contributed by atoms with van der Waals surface area (Å²) in [6.45, 7) is 1.75. The zero-order valence-corrected chi connectivity index (χ0v) is 5.34. The molecule has 0 aromatic carbocycles. The number of aryl methyl sites for hydroxylation is 1. The van der Waals surface area contributed by atoms with Crippen LogP contribution in [0.1, 0.15) is 25.1 Å². The fourth-order valence-corrected chi connectivity index (χ4v) is 0.500. The van der Waals surface area contributed by atoms with Crippen molar-refractivity contribution in [2.45, 2.75) is 19.8 Å². The number of hydrogen-bond donors (Lipinski definition) is 0. The molecule has 1 aromatic rings. The van der Waals surface area contributed by atoms with Gasteiger partial charge in [-0.15, -0.1) is 0 Å². The van der Waals surface area contributed by atoms with E-state index < -0.39 is 12.2 Å². The SMILES string of the molecule is CCc1nc(C(F)F)no1.